The van der Waals surface area contributed by atoms with E-state index in [4.69, 9.17) is 9.47 Å². The normalized spacial score (nSPS) is 11.3. The van der Waals surface area contributed by atoms with Crippen LogP contribution in [0.4, 0.5) is 0 Å². The zero-order valence-corrected chi connectivity index (χ0v) is 16.8. The molecule has 5 nitrogen and oxygen atoms in total. The largest absolute Gasteiger partial charge is 0.504 e. The third-order valence-corrected chi connectivity index (χ3v) is 4.60. The van der Waals surface area contributed by atoms with Crippen molar-refractivity contribution in [2.75, 3.05) is 14.2 Å². The summed E-state index contributed by atoms with van der Waals surface area (Å²) in [7, 11) is 3.07. The quantitative estimate of drug-likeness (QED) is 0.432. The number of ether oxygens (including phenoxy) is 2. The fourth-order valence-electron chi connectivity index (χ4n) is 3.08. The molecular formula is C25H22O5. The minimum atomic E-state index is -0.309. The molecule has 0 spiro atoms. The standard InChI is InChI=1S/C25H22O5/c1-29-24-14-10-18(21-5-3-4-6-22(21)24)9-12-20(27)16-19(26)11-7-17-8-13-23(28)25(15-17)30-2/h3-15,28H,16H2,1-2H3/b11-7+,12-9+. The van der Waals surface area contributed by atoms with E-state index in [0.717, 1.165) is 22.1 Å². The fraction of sp³-hybridized carbons (Fsp3) is 0.120. The van der Waals surface area contributed by atoms with Crippen LogP contribution in [-0.2, 0) is 9.59 Å². The highest BCUT2D eigenvalue weighted by atomic mass is 16.5. The molecule has 3 aromatic rings. The monoisotopic (exact) mass is 402 g/mol. The summed E-state index contributed by atoms with van der Waals surface area (Å²) in [5.41, 5.74) is 1.56. The molecule has 0 aliphatic heterocycles. The van der Waals surface area contributed by atoms with Crippen molar-refractivity contribution >= 4 is 34.5 Å². The Kier molecular flexibility index (Phi) is 6.65. The van der Waals surface area contributed by atoms with Crippen molar-refractivity contribution in [2.24, 2.45) is 0 Å². The van der Waals surface area contributed by atoms with Crippen LogP contribution in [0.3, 0.4) is 0 Å². The zero-order chi connectivity index (χ0) is 21.5. The van der Waals surface area contributed by atoms with Gasteiger partial charge in [0.05, 0.1) is 20.6 Å². The molecule has 0 aromatic heterocycles. The van der Waals surface area contributed by atoms with Gasteiger partial charge in [-0.25, -0.2) is 0 Å². The number of carbonyl (C=O) groups is 2. The van der Waals surface area contributed by atoms with Gasteiger partial charge in [0.15, 0.2) is 23.1 Å². The fourth-order valence-corrected chi connectivity index (χ4v) is 3.08. The maximum absolute atomic E-state index is 12.2. The number of hydrogen-bond donors (Lipinski definition) is 1. The topological polar surface area (TPSA) is 72.8 Å². The Morgan fingerprint density at radius 2 is 1.50 bits per heavy atom. The van der Waals surface area contributed by atoms with Gasteiger partial charge >= 0.3 is 0 Å². The second kappa shape index (κ2) is 9.56. The van der Waals surface area contributed by atoms with E-state index in [1.165, 1.54) is 25.3 Å². The highest BCUT2D eigenvalue weighted by Crippen LogP contribution is 2.29. The molecule has 3 rings (SSSR count). The number of fused-ring (bicyclic) bond motifs is 1. The third kappa shape index (κ3) is 4.94. The van der Waals surface area contributed by atoms with Crippen molar-refractivity contribution < 1.29 is 24.2 Å². The zero-order valence-electron chi connectivity index (χ0n) is 16.8. The summed E-state index contributed by atoms with van der Waals surface area (Å²) in [4.78, 5) is 24.3. The van der Waals surface area contributed by atoms with E-state index in [1.54, 1.807) is 31.4 Å². The van der Waals surface area contributed by atoms with Gasteiger partial charge in [-0.15, -0.1) is 0 Å². The van der Waals surface area contributed by atoms with E-state index >= 15 is 0 Å². The number of benzene rings is 3. The second-order valence-electron chi connectivity index (χ2n) is 6.61. The average Bonchev–Trinajstić information content (AvgIpc) is 2.76. The SMILES string of the molecule is COc1cc(/C=C/C(=O)CC(=O)/C=C/c2ccc(OC)c3ccccc23)ccc1O. The molecule has 3 aromatic carbocycles. The van der Waals surface area contributed by atoms with Gasteiger partial charge in [0.25, 0.3) is 0 Å². The summed E-state index contributed by atoms with van der Waals surface area (Å²) < 4.78 is 10.4. The molecule has 0 radical (unpaired) electrons. The highest BCUT2D eigenvalue weighted by Gasteiger charge is 2.07. The number of hydrogen-bond acceptors (Lipinski definition) is 5. The first-order valence-corrected chi connectivity index (χ1v) is 9.36. The van der Waals surface area contributed by atoms with E-state index in [2.05, 4.69) is 0 Å². The van der Waals surface area contributed by atoms with E-state index < -0.39 is 0 Å². The Labute approximate surface area is 174 Å². The van der Waals surface area contributed by atoms with Gasteiger partial charge in [-0.3, -0.25) is 9.59 Å². The van der Waals surface area contributed by atoms with Crippen LogP contribution in [0.25, 0.3) is 22.9 Å². The molecule has 0 saturated heterocycles. The molecule has 1 N–H and O–H groups in total. The number of carbonyl (C=O) groups excluding carboxylic acids is 2. The maximum atomic E-state index is 12.2. The lowest BCUT2D eigenvalue weighted by Gasteiger charge is -2.07. The van der Waals surface area contributed by atoms with Crippen molar-refractivity contribution in [3.8, 4) is 17.2 Å². The molecule has 0 saturated carbocycles. The first-order valence-electron chi connectivity index (χ1n) is 9.36. The Morgan fingerprint density at radius 3 is 2.20 bits per heavy atom. The Hall–Kier alpha value is -3.86. The summed E-state index contributed by atoms with van der Waals surface area (Å²) in [6.45, 7) is 0. The molecule has 0 atom stereocenters. The average molecular weight is 402 g/mol. The van der Waals surface area contributed by atoms with Gasteiger partial charge in [0.2, 0.25) is 0 Å². The van der Waals surface area contributed by atoms with Crippen LogP contribution in [0.15, 0.2) is 66.7 Å². The minimum absolute atomic E-state index is 0.0207. The first kappa shape index (κ1) is 20.9. The number of methoxy groups -OCH3 is 2. The van der Waals surface area contributed by atoms with Crippen LogP contribution in [0.2, 0.25) is 0 Å². The lowest BCUT2D eigenvalue weighted by atomic mass is 10.0. The molecule has 0 heterocycles. The van der Waals surface area contributed by atoms with Crippen LogP contribution < -0.4 is 9.47 Å². The van der Waals surface area contributed by atoms with E-state index in [9.17, 15) is 14.7 Å². The van der Waals surface area contributed by atoms with Crippen molar-refractivity contribution in [1.82, 2.24) is 0 Å². The lowest BCUT2D eigenvalue weighted by Crippen LogP contribution is -2.02. The number of aromatic hydroxyl groups is 1. The van der Waals surface area contributed by atoms with Crippen molar-refractivity contribution in [3.63, 3.8) is 0 Å². The van der Waals surface area contributed by atoms with Crippen LogP contribution in [0.5, 0.6) is 17.2 Å². The summed E-state index contributed by atoms with van der Waals surface area (Å²) in [5.74, 6) is 0.507. The molecule has 0 bridgehead atoms. The van der Waals surface area contributed by atoms with Gasteiger partial charge < -0.3 is 14.6 Å². The highest BCUT2D eigenvalue weighted by molar-refractivity contribution is 6.11. The van der Waals surface area contributed by atoms with Crippen LogP contribution in [-0.4, -0.2) is 30.9 Å². The molecule has 30 heavy (non-hydrogen) atoms. The minimum Gasteiger partial charge on any atom is -0.504 e. The van der Waals surface area contributed by atoms with Crippen molar-refractivity contribution in [2.45, 2.75) is 6.42 Å². The Balaban J connectivity index is 1.68. The lowest BCUT2D eigenvalue weighted by molar-refractivity contribution is -0.121. The summed E-state index contributed by atoms with van der Waals surface area (Å²) in [6.07, 6.45) is 5.84. The van der Waals surface area contributed by atoms with E-state index in [1.807, 2.05) is 36.4 Å². The second-order valence-corrected chi connectivity index (χ2v) is 6.61. The molecule has 0 amide bonds. The molecule has 0 aliphatic rings. The number of ketones is 2. The number of allylic oxidation sites excluding steroid dienone is 2. The van der Waals surface area contributed by atoms with Crippen molar-refractivity contribution in [1.29, 1.82) is 0 Å². The molecule has 0 fully saturated rings. The summed E-state index contributed by atoms with van der Waals surface area (Å²) >= 11 is 0. The molecule has 152 valence electrons. The number of phenols is 1. The molecular weight excluding hydrogens is 380 g/mol. The van der Waals surface area contributed by atoms with Gasteiger partial charge in [-0.05, 0) is 46.9 Å². The van der Waals surface area contributed by atoms with Gasteiger partial charge in [-0.1, -0.05) is 48.6 Å². The predicted molar refractivity (Wildman–Crippen MR) is 118 cm³/mol. The summed E-state index contributed by atoms with van der Waals surface area (Å²) in [5, 5.41) is 11.5. The van der Waals surface area contributed by atoms with Crippen LogP contribution >= 0.6 is 0 Å². The summed E-state index contributed by atoms with van der Waals surface area (Å²) in [6, 6.07) is 16.2. The third-order valence-electron chi connectivity index (χ3n) is 4.60. The maximum Gasteiger partial charge on any atom is 0.163 e. The van der Waals surface area contributed by atoms with Crippen LogP contribution in [0, 0.1) is 0 Å². The van der Waals surface area contributed by atoms with E-state index in [0.29, 0.717) is 11.3 Å². The van der Waals surface area contributed by atoms with Crippen LogP contribution in [0.1, 0.15) is 17.5 Å². The number of rotatable bonds is 8. The smallest absolute Gasteiger partial charge is 0.163 e. The first-order chi connectivity index (χ1) is 14.5. The Morgan fingerprint density at radius 1 is 0.833 bits per heavy atom. The van der Waals surface area contributed by atoms with Gasteiger partial charge in [0.1, 0.15) is 5.75 Å². The predicted octanol–water partition coefficient (Wildman–Crippen LogP) is 4.82. The van der Waals surface area contributed by atoms with Crippen molar-refractivity contribution in [3.05, 3.63) is 77.9 Å². The molecule has 0 aliphatic carbocycles. The van der Waals surface area contributed by atoms with E-state index in [-0.39, 0.29) is 23.7 Å². The molecule has 5 heteroatoms. The van der Waals surface area contributed by atoms with Gasteiger partial charge in [0, 0.05) is 5.39 Å². The number of phenolic OH excluding ortho intramolecular Hbond substituents is 1. The van der Waals surface area contributed by atoms with Gasteiger partial charge in [-0.2, -0.15) is 0 Å². The Bertz CT molecular complexity index is 1140. The molecule has 0 unspecified atom stereocenters.